The topological polar surface area (TPSA) is 40.5 Å². The van der Waals surface area contributed by atoms with Gasteiger partial charge in [-0.05, 0) is 19.4 Å². The lowest BCUT2D eigenvalue weighted by Gasteiger charge is -2.25. The Morgan fingerprint density at radius 3 is 2.38 bits per heavy atom. The lowest BCUT2D eigenvalue weighted by molar-refractivity contribution is -0.131. The molecule has 0 bridgehead atoms. The molecule has 0 aromatic heterocycles. The molecule has 0 saturated heterocycles. The van der Waals surface area contributed by atoms with E-state index in [0.717, 1.165) is 5.56 Å². The Hall–Kier alpha value is -1.35. The molecule has 0 spiro atoms. The summed E-state index contributed by atoms with van der Waals surface area (Å²) in [5, 5.41) is 9.61. The van der Waals surface area contributed by atoms with Crippen LogP contribution in [0.15, 0.2) is 30.3 Å². The van der Waals surface area contributed by atoms with Crippen LogP contribution >= 0.6 is 0 Å². The van der Waals surface area contributed by atoms with Gasteiger partial charge in [0, 0.05) is 13.6 Å². The maximum absolute atomic E-state index is 11.8. The Kier molecular flexibility index (Phi) is 4.07. The number of aliphatic hydroxyl groups is 1. The van der Waals surface area contributed by atoms with Crippen LogP contribution in [0.3, 0.4) is 0 Å². The van der Waals surface area contributed by atoms with Gasteiger partial charge in [0.15, 0.2) is 0 Å². The molecular formula is C13H19NO2. The fourth-order valence-electron chi connectivity index (χ4n) is 1.57. The summed E-state index contributed by atoms with van der Waals surface area (Å²) in [6.45, 7) is 3.73. The molecule has 16 heavy (non-hydrogen) atoms. The third kappa shape index (κ3) is 4.45. The Morgan fingerprint density at radius 1 is 1.31 bits per heavy atom. The Bertz CT molecular complexity index is 341. The number of benzene rings is 1. The van der Waals surface area contributed by atoms with Crippen molar-refractivity contribution in [3.8, 4) is 0 Å². The molecule has 0 aliphatic rings. The second kappa shape index (κ2) is 5.12. The number of carbonyl (C=O) groups is 1. The van der Waals surface area contributed by atoms with Crippen LogP contribution < -0.4 is 0 Å². The highest BCUT2D eigenvalue weighted by Gasteiger charge is 2.19. The fraction of sp³-hybridized carbons (Fsp3) is 0.462. The third-order valence-electron chi connectivity index (χ3n) is 2.25. The first kappa shape index (κ1) is 12.7. The second-order valence-corrected chi connectivity index (χ2v) is 4.72. The van der Waals surface area contributed by atoms with Gasteiger partial charge in [0.2, 0.25) is 5.91 Å². The maximum atomic E-state index is 11.8. The summed E-state index contributed by atoms with van der Waals surface area (Å²) in [4.78, 5) is 13.4. The van der Waals surface area contributed by atoms with Crippen molar-refractivity contribution in [2.24, 2.45) is 0 Å². The average molecular weight is 221 g/mol. The van der Waals surface area contributed by atoms with Crippen LogP contribution in [-0.2, 0) is 11.2 Å². The first-order valence-corrected chi connectivity index (χ1v) is 5.39. The molecule has 3 heteroatoms. The lowest BCUT2D eigenvalue weighted by Crippen LogP contribution is -2.40. The summed E-state index contributed by atoms with van der Waals surface area (Å²) in [6.07, 6.45) is 0.382. The highest BCUT2D eigenvalue weighted by molar-refractivity contribution is 5.78. The van der Waals surface area contributed by atoms with Gasteiger partial charge in [-0.1, -0.05) is 30.3 Å². The highest BCUT2D eigenvalue weighted by atomic mass is 16.3. The third-order valence-corrected chi connectivity index (χ3v) is 2.25. The van der Waals surface area contributed by atoms with Crippen molar-refractivity contribution in [3.05, 3.63) is 35.9 Å². The monoisotopic (exact) mass is 221 g/mol. The summed E-state index contributed by atoms with van der Waals surface area (Å²) in [5.74, 6) is 0.0216. The zero-order valence-corrected chi connectivity index (χ0v) is 10.1. The number of likely N-dealkylation sites (N-methyl/N-ethyl adjacent to an activating group) is 1. The second-order valence-electron chi connectivity index (χ2n) is 4.72. The minimum atomic E-state index is -0.846. The molecule has 0 unspecified atom stereocenters. The SMILES string of the molecule is CN(CC(C)(C)O)C(=O)Cc1ccccc1. The highest BCUT2D eigenvalue weighted by Crippen LogP contribution is 2.06. The van der Waals surface area contributed by atoms with E-state index in [0.29, 0.717) is 13.0 Å². The van der Waals surface area contributed by atoms with Gasteiger partial charge in [0.05, 0.1) is 12.0 Å². The lowest BCUT2D eigenvalue weighted by atomic mass is 10.1. The Morgan fingerprint density at radius 2 is 1.88 bits per heavy atom. The molecule has 0 fully saturated rings. The molecule has 1 N–H and O–H groups in total. The zero-order chi connectivity index (χ0) is 12.2. The molecule has 1 amide bonds. The van der Waals surface area contributed by atoms with Crippen molar-refractivity contribution in [1.29, 1.82) is 0 Å². The van der Waals surface area contributed by atoms with E-state index in [1.807, 2.05) is 30.3 Å². The van der Waals surface area contributed by atoms with E-state index in [-0.39, 0.29) is 5.91 Å². The molecule has 3 nitrogen and oxygen atoms in total. The van der Waals surface area contributed by atoms with E-state index in [2.05, 4.69) is 0 Å². The predicted octanol–water partition coefficient (Wildman–Crippen LogP) is 1.46. The quantitative estimate of drug-likeness (QED) is 0.836. The molecule has 0 aliphatic heterocycles. The van der Waals surface area contributed by atoms with Crippen LogP contribution in [0.4, 0.5) is 0 Å². The molecular weight excluding hydrogens is 202 g/mol. The summed E-state index contributed by atoms with van der Waals surface area (Å²) in [5.41, 5.74) is 0.149. The molecule has 1 aromatic rings. The van der Waals surface area contributed by atoms with Crippen LogP contribution in [0.2, 0.25) is 0 Å². The van der Waals surface area contributed by atoms with Crippen molar-refractivity contribution >= 4 is 5.91 Å². The van der Waals surface area contributed by atoms with Crippen LogP contribution in [0.25, 0.3) is 0 Å². The maximum Gasteiger partial charge on any atom is 0.226 e. The summed E-state index contributed by atoms with van der Waals surface area (Å²) in [7, 11) is 1.71. The Labute approximate surface area is 96.7 Å². The molecule has 1 aromatic carbocycles. The molecule has 0 radical (unpaired) electrons. The number of hydrogen-bond donors (Lipinski definition) is 1. The molecule has 88 valence electrons. The van der Waals surface area contributed by atoms with E-state index in [1.54, 1.807) is 25.8 Å². The van der Waals surface area contributed by atoms with Gasteiger partial charge in [-0.2, -0.15) is 0 Å². The fourth-order valence-corrected chi connectivity index (χ4v) is 1.57. The van der Waals surface area contributed by atoms with Gasteiger partial charge < -0.3 is 10.0 Å². The van der Waals surface area contributed by atoms with E-state index >= 15 is 0 Å². The van der Waals surface area contributed by atoms with E-state index in [1.165, 1.54) is 0 Å². The Balaban J connectivity index is 2.53. The van der Waals surface area contributed by atoms with E-state index < -0.39 is 5.60 Å². The number of rotatable bonds is 4. The molecule has 0 saturated carbocycles. The number of amides is 1. The van der Waals surface area contributed by atoms with Gasteiger partial charge in [0.25, 0.3) is 0 Å². The van der Waals surface area contributed by atoms with E-state index in [9.17, 15) is 9.90 Å². The van der Waals surface area contributed by atoms with Gasteiger partial charge in [-0.3, -0.25) is 4.79 Å². The van der Waals surface area contributed by atoms with Crippen LogP contribution in [0, 0.1) is 0 Å². The minimum absolute atomic E-state index is 0.0216. The first-order chi connectivity index (χ1) is 7.38. The average Bonchev–Trinajstić information content (AvgIpc) is 2.16. The zero-order valence-electron chi connectivity index (χ0n) is 10.1. The van der Waals surface area contributed by atoms with Crippen molar-refractivity contribution in [2.45, 2.75) is 25.9 Å². The van der Waals surface area contributed by atoms with Gasteiger partial charge in [-0.15, -0.1) is 0 Å². The van der Waals surface area contributed by atoms with Crippen LogP contribution in [0.5, 0.6) is 0 Å². The van der Waals surface area contributed by atoms with Crippen molar-refractivity contribution in [2.75, 3.05) is 13.6 Å². The first-order valence-electron chi connectivity index (χ1n) is 5.39. The molecule has 1 rings (SSSR count). The van der Waals surface area contributed by atoms with Crippen LogP contribution in [0.1, 0.15) is 19.4 Å². The normalized spacial score (nSPS) is 11.2. The summed E-state index contributed by atoms with van der Waals surface area (Å²) in [6, 6.07) is 9.61. The van der Waals surface area contributed by atoms with Crippen LogP contribution in [-0.4, -0.2) is 35.1 Å². The minimum Gasteiger partial charge on any atom is -0.389 e. The van der Waals surface area contributed by atoms with Crippen molar-refractivity contribution in [1.82, 2.24) is 4.90 Å². The number of nitrogens with zero attached hydrogens (tertiary/aromatic N) is 1. The predicted molar refractivity (Wildman–Crippen MR) is 64.1 cm³/mol. The summed E-state index contributed by atoms with van der Waals surface area (Å²) < 4.78 is 0. The summed E-state index contributed by atoms with van der Waals surface area (Å²) >= 11 is 0. The van der Waals surface area contributed by atoms with Crippen molar-refractivity contribution < 1.29 is 9.90 Å². The van der Waals surface area contributed by atoms with Gasteiger partial charge in [0.1, 0.15) is 0 Å². The van der Waals surface area contributed by atoms with Gasteiger partial charge in [-0.25, -0.2) is 0 Å². The number of hydrogen-bond acceptors (Lipinski definition) is 2. The largest absolute Gasteiger partial charge is 0.389 e. The molecule has 0 heterocycles. The standard InChI is InChI=1S/C13H19NO2/c1-13(2,16)10-14(3)12(15)9-11-7-5-4-6-8-11/h4-8,16H,9-10H2,1-3H3. The molecule has 0 atom stereocenters. The smallest absolute Gasteiger partial charge is 0.226 e. The molecule has 0 aliphatic carbocycles. The number of carbonyl (C=O) groups excluding carboxylic acids is 1. The van der Waals surface area contributed by atoms with Crippen molar-refractivity contribution in [3.63, 3.8) is 0 Å². The van der Waals surface area contributed by atoms with E-state index in [4.69, 9.17) is 0 Å². The van der Waals surface area contributed by atoms with Gasteiger partial charge >= 0.3 is 0 Å².